The van der Waals surface area contributed by atoms with E-state index < -0.39 is 0 Å². The zero-order valence-corrected chi connectivity index (χ0v) is 10.6. The van der Waals surface area contributed by atoms with E-state index in [4.69, 9.17) is 11.6 Å². The van der Waals surface area contributed by atoms with Gasteiger partial charge in [-0.2, -0.15) is 0 Å². The highest BCUT2D eigenvalue weighted by Gasteiger charge is 1.98. The van der Waals surface area contributed by atoms with E-state index in [9.17, 15) is 4.39 Å². The third-order valence-corrected chi connectivity index (χ3v) is 2.31. The molecule has 0 aliphatic heterocycles. The largest absolute Gasteiger partial charge is 0.311 e. The SMILES string of the molecule is C/C(=C\c1cc(F)cc(Cl)c1)CNC(C)C. The van der Waals surface area contributed by atoms with Gasteiger partial charge in [-0.05, 0) is 30.7 Å². The first kappa shape index (κ1) is 13.2. The van der Waals surface area contributed by atoms with Crippen LogP contribution < -0.4 is 5.32 Å². The molecule has 0 saturated carbocycles. The van der Waals surface area contributed by atoms with Crippen molar-refractivity contribution >= 4 is 17.7 Å². The van der Waals surface area contributed by atoms with Gasteiger partial charge in [-0.15, -0.1) is 0 Å². The second-order valence-electron chi connectivity index (χ2n) is 4.23. The summed E-state index contributed by atoms with van der Waals surface area (Å²) in [5.74, 6) is -0.302. The molecule has 0 amide bonds. The van der Waals surface area contributed by atoms with Gasteiger partial charge in [0.15, 0.2) is 0 Å². The van der Waals surface area contributed by atoms with E-state index in [1.807, 2.05) is 13.0 Å². The summed E-state index contributed by atoms with van der Waals surface area (Å²) in [6.45, 7) is 6.98. The van der Waals surface area contributed by atoms with E-state index in [2.05, 4.69) is 19.2 Å². The molecule has 16 heavy (non-hydrogen) atoms. The van der Waals surface area contributed by atoms with Crippen LogP contribution in [0.3, 0.4) is 0 Å². The standard InChI is InChI=1S/C13H17ClFN/c1-9(2)16-8-10(3)4-11-5-12(14)7-13(15)6-11/h4-7,9,16H,8H2,1-3H3/b10-4+. The van der Waals surface area contributed by atoms with Gasteiger partial charge in [0, 0.05) is 17.6 Å². The van der Waals surface area contributed by atoms with Crippen molar-refractivity contribution in [3.8, 4) is 0 Å². The van der Waals surface area contributed by atoms with Gasteiger partial charge in [-0.3, -0.25) is 0 Å². The number of nitrogens with one attached hydrogen (secondary N) is 1. The summed E-state index contributed by atoms with van der Waals surface area (Å²) in [5, 5.41) is 3.73. The molecule has 1 N–H and O–H groups in total. The summed E-state index contributed by atoms with van der Waals surface area (Å²) in [4.78, 5) is 0. The van der Waals surface area contributed by atoms with Crippen LogP contribution in [-0.2, 0) is 0 Å². The predicted molar refractivity (Wildman–Crippen MR) is 68.2 cm³/mol. The Balaban J connectivity index is 2.73. The zero-order valence-electron chi connectivity index (χ0n) is 9.85. The Bertz CT molecular complexity index is 365. The van der Waals surface area contributed by atoms with Crippen LogP contribution in [0.15, 0.2) is 23.8 Å². The number of hydrogen-bond acceptors (Lipinski definition) is 1. The predicted octanol–water partition coefficient (Wildman–Crippen LogP) is 3.88. The highest BCUT2D eigenvalue weighted by Crippen LogP contribution is 2.16. The minimum Gasteiger partial charge on any atom is -0.311 e. The molecule has 0 fully saturated rings. The van der Waals surface area contributed by atoms with Gasteiger partial charge in [0.1, 0.15) is 5.82 Å². The Morgan fingerprint density at radius 1 is 1.44 bits per heavy atom. The van der Waals surface area contributed by atoms with Gasteiger partial charge in [0.25, 0.3) is 0 Å². The summed E-state index contributed by atoms with van der Waals surface area (Å²) >= 11 is 5.78. The first-order chi connectivity index (χ1) is 7.47. The fourth-order valence-corrected chi connectivity index (χ4v) is 1.59. The topological polar surface area (TPSA) is 12.0 Å². The quantitative estimate of drug-likeness (QED) is 0.844. The van der Waals surface area contributed by atoms with E-state index in [1.165, 1.54) is 12.1 Å². The molecule has 0 unspecified atom stereocenters. The van der Waals surface area contributed by atoms with Gasteiger partial charge < -0.3 is 5.32 Å². The Kier molecular flexibility index (Phi) is 4.97. The maximum Gasteiger partial charge on any atom is 0.125 e. The molecular formula is C13H17ClFN. The van der Waals surface area contributed by atoms with Crippen LogP contribution >= 0.6 is 11.6 Å². The third kappa shape index (κ3) is 4.77. The normalized spacial score (nSPS) is 12.2. The summed E-state index contributed by atoms with van der Waals surface area (Å²) in [5.41, 5.74) is 1.95. The van der Waals surface area contributed by atoms with Crippen LogP contribution in [0.5, 0.6) is 0 Å². The molecule has 0 saturated heterocycles. The van der Waals surface area contributed by atoms with E-state index in [0.29, 0.717) is 11.1 Å². The van der Waals surface area contributed by atoms with Crippen LogP contribution in [-0.4, -0.2) is 12.6 Å². The van der Waals surface area contributed by atoms with Crippen LogP contribution in [0.1, 0.15) is 26.3 Å². The van der Waals surface area contributed by atoms with Crippen LogP contribution in [0.25, 0.3) is 6.08 Å². The third-order valence-electron chi connectivity index (χ3n) is 2.09. The molecule has 0 aliphatic rings. The van der Waals surface area contributed by atoms with Crippen molar-refractivity contribution in [1.29, 1.82) is 0 Å². The molecular weight excluding hydrogens is 225 g/mol. The van der Waals surface area contributed by atoms with Gasteiger partial charge in [-0.1, -0.05) is 37.1 Å². The molecule has 0 bridgehead atoms. The summed E-state index contributed by atoms with van der Waals surface area (Å²) in [6, 6.07) is 4.98. The Hall–Kier alpha value is -0.860. The van der Waals surface area contributed by atoms with Crippen molar-refractivity contribution in [3.63, 3.8) is 0 Å². The average Bonchev–Trinajstić information content (AvgIpc) is 2.12. The minimum atomic E-state index is -0.302. The Morgan fingerprint density at radius 3 is 2.69 bits per heavy atom. The second-order valence-corrected chi connectivity index (χ2v) is 4.67. The highest BCUT2D eigenvalue weighted by atomic mass is 35.5. The first-order valence-corrected chi connectivity index (χ1v) is 5.72. The zero-order chi connectivity index (χ0) is 12.1. The Labute approximate surface area is 101 Å². The molecule has 0 aliphatic carbocycles. The van der Waals surface area contributed by atoms with Gasteiger partial charge in [-0.25, -0.2) is 4.39 Å². The lowest BCUT2D eigenvalue weighted by Gasteiger charge is -2.08. The van der Waals surface area contributed by atoms with E-state index in [0.717, 1.165) is 17.7 Å². The average molecular weight is 242 g/mol. The van der Waals surface area contributed by atoms with Gasteiger partial charge >= 0.3 is 0 Å². The molecule has 1 nitrogen and oxygen atoms in total. The summed E-state index contributed by atoms with van der Waals surface area (Å²) in [6.07, 6.45) is 1.93. The Morgan fingerprint density at radius 2 is 2.12 bits per heavy atom. The van der Waals surface area contributed by atoms with Crippen molar-refractivity contribution in [1.82, 2.24) is 5.32 Å². The van der Waals surface area contributed by atoms with Crippen LogP contribution in [0, 0.1) is 5.82 Å². The molecule has 0 radical (unpaired) electrons. The van der Waals surface area contributed by atoms with Crippen molar-refractivity contribution in [2.24, 2.45) is 0 Å². The number of hydrogen-bond donors (Lipinski definition) is 1. The van der Waals surface area contributed by atoms with Crippen molar-refractivity contribution in [2.45, 2.75) is 26.8 Å². The maximum absolute atomic E-state index is 13.1. The maximum atomic E-state index is 13.1. The van der Waals surface area contributed by atoms with E-state index >= 15 is 0 Å². The number of rotatable bonds is 4. The summed E-state index contributed by atoms with van der Waals surface area (Å²) in [7, 11) is 0. The molecule has 1 rings (SSSR count). The number of halogens is 2. The van der Waals surface area contributed by atoms with E-state index in [-0.39, 0.29) is 5.82 Å². The lowest BCUT2D eigenvalue weighted by Crippen LogP contribution is -2.24. The first-order valence-electron chi connectivity index (χ1n) is 5.34. The lowest BCUT2D eigenvalue weighted by atomic mass is 10.1. The van der Waals surface area contributed by atoms with Crippen LogP contribution in [0.2, 0.25) is 5.02 Å². The fourth-order valence-electron chi connectivity index (χ4n) is 1.36. The van der Waals surface area contributed by atoms with Crippen molar-refractivity contribution in [2.75, 3.05) is 6.54 Å². The smallest absolute Gasteiger partial charge is 0.125 e. The summed E-state index contributed by atoms with van der Waals surface area (Å²) < 4.78 is 13.1. The molecule has 1 aromatic carbocycles. The van der Waals surface area contributed by atoms with Crippen molar-refractivity contribution < 1.29 is 4.39 Å². The molecule has 1 aromatic rings. The minimum absolute atomic E-state index is 0.302. The number of benzene rings is 1. The molecule has 0 aromatic heterocycles. The highest BCUT2D eigenvalue weighted by molar-refractivity contribution is 6.30. The van der Waals surface area contributed by atoms with E-state index in [1.54, 1.807) is 6.07 Å². The second kappa shape index (κ2) is 6.02. The van der Waals surface area contributed by atoms with Gasteiger partial charge in [0.05, 0.1) is 0 Å². The molecule has 0 spiro atoms. The fraction of sp³-hybridized carbons (Fsp3) is 0.385. The molecule has 0 atom stereocenters. The monoisotopic (exact) mass is 241 g/mol. The van der Waals surface area contributed by atoms with Crippen molar-refractivity contribution in [3.05, 3.63) is 40.2 Å². The lowest BCUT2D eigenvalue weighted by molar-refractivity contribution is 0.622. The van der Waals surface area contributed by atoms with Gasteiger partial charge in [0.2, 0.25) is 0 Å². The molecule has 88 valence electrons. The molecule has 3 heteroatoms. The molecule has 0 heterocycles. The van der Waals surface area contributed by atoms with Crippen LogP contribution in [0.4, 0.5) is 4.39 Å².